The van der Waals surface area contributed by atoms with Gasteiger partial charge in [0, 0.05) is 26.0 Å². The predicted octanol–water partition coefficient (Wildman–Crippen LogP) is 5.40. The molecule has 3 aromatic rings. The standard InChI is InChI=1S/C21H24ClN3O3S/c1-3-4-10-28-21(26)25(9-11-27-2)14-15-5-6-17(24-13-15)19-12-18-20(29-19)16(22)7-8-23-18/h5-8,12-13H,3-4,9-11,14H2,1-2H3. The van der Waals surface area contributed by atoms with E-state index in [4.69, 9.17) is 21.1 Å². The number of amides is 1. The van der Waals surface area contributed by atoms with E-state index in [-0.39, 0.29) is 6.09 Å². The van der Waals surface area contributed by atoms with Crippen LogP contribution in [-0.2, 0) is 16.0 Å². The van der Waals surface area contributed by atoms with Crippen LogP contribution in [0.25, 0.3) is 20.8 Å². The molecule has 0 aliphatic carbocycles. The molecule has 0 fully saturated rings. The summed E-state index contributed by atoms with van der Waals surface area (Å²) in [4.78, 5) is 23.9. The molecule has 8 heteroatoms. The number of hydrogen-bond acceptors (Lipinski definition) is 6. The van der Waals surface area contributed by atoms with E-state index in [0.29, 0.717) is 31.3 Å². The number of fused-ring (bicyclic) bond motifs is 1. The van der Waals surface area contributed by atoms with Crippen LogP contribution in [0.15, 0.2) is 36.7 Å². The molecule has 0 atom stereocenters. The van der Waals surface area contributed by atoms with Crippen LogP contribution < -0.4 is 0 Å². The minimum Gasteiger partial charge on any atom is -0.449 e. The first-order valence-electron chi connectivity index (χ1n) is 9.52. The number of aromatic nitrogens is 2. The molecule has 0 bridgehead atoms. The molecule has 3 heterocycles. The molecular weight excluding hydrogens is 410 g/mol. The van der Waals surface area contributed by atoms with Gasteiger partial charge in [-0.05, 0) is 30.2 Å². The van der Waals surface area contributed by atoms with Gasteiger partial charge < -0.3 is 14.4 Å². The monoisotopic (exact) mass is 433 g/mol. The highest BCUT2D eigenvalue weighted by Crippen LogP contribution is 2.35. The highest BCUT2D eigenvalue weighted by molar-refractivity contribution is 7.22. The van der Waals surface area contributed by atoms with Gasteiger partial charge >= 0.3 is 6.09 Å². The smallest absolute Gasteiger partial charge is 0.410 e. The molecule has 3 rings (SSSR count). The maximum absolute atomic E-state index is 12.4. The van der Waals surface area contributed by atoms with Crippen LogP contribution in [0, 0.1) is 0 Å². The summed E-state index contributed by atoms with van der Waals surface area (Å²) < 4.78 is 11.4. The van der Waals surface area contributed by atoms with Crippen molar-refractivity contribution in [1.82, 2.24) is 14.9 Å². The minimum absolute atomic E-state index is 0.329. The Kier molecular flexibility index (Phi) is 7.80. The lowest BCUT2D eigenvalue weighted by atomic mass is 10.2. The zero-order valence-electron chi connectivity index (χ0n) is 16.6. The Bertz CT molecular complexity index is 946. The van der Waals surface area contributed by atoms with Gasteiger partial charge in [0.2, 0.25) is 0 Å². The maximum Gasteiger partial charge on any atom is 0.410 e. The van der Waals surface area contributed by atoms with E-state index in [1.54, 1.807) is 41.8 Å². The Labute approximate surface area is 179 Å². The van der Waals surface area contributed by atoms with Crippen LogP contribution in [0.3, 0.4) is 0 Å². The maximum atomic E-state index is 12.4. The van der Waals surface area contributed by atoms with Gasteiger partial charge in [0.25, 0.3) is 0 Å². The summed E-state index contributed by atoms with van der Waals surface area (Å²) in [6.07, 6.45) is 4.99. The van der Waals surface area contributed by atoms with Crippen LogP contribution in [0.4, 0.5) is 4.79 Å². The van der Waals surface area contributed by atoms with E-state index in [0.717, 1.165) is 39.2 Å². The summed E-state index contributed by atoms with van der Waals surface area (Å²) in [6, 6.07) is 7.70. The molecule has 0 N–H and O–H groups in total. The average molecular weight is 434 g/mol. The van der Waals surface area contributed by atoms with E-state index in [1.807, 2.05) is 18.2 Å². The quantitative estimate of drug-likeness (QED) is 0.423. The Balaban J connectivity index is 1.71. The van der Waals surface area contributed by atoms with Crippen molar-refractivity contribution in [2.45, 2.75) is 26.3 Å². The third kappa shape index (κ3) is 5.65. The van der Waals surface area contributed by atoms with Crippen molar-refractivity contribution in [2.75, 3.05) is 26.9 Å². The van der Waals surface area contributed by atoms with Gasteiger partial charge in [0.15, 0.2) is 0 Å². The number of thiophene rings is 1. The fraction of sp³-hybridized carbons (Fsp3) is 0.381. The Morgan fingerprint density at radius 2 is 2.10 bits per heavy atom. The van der Waals surface area contributed by atoms with Crippen molar-refractivity contribution in [3.05, 3.63) is 47.2 Å². The fourth-order valence-corrected chi connectivity index (χ4v) is 4.02. The largest absolute Gasteiger partial charge is 0.449 e. The molecule has 0 aliphatic rings. The third-order valence-electron chi connectivity index (χ3n) is 4.36. The van der Waals surface area contributed by atoms with Gasteiger partial charge in [-0.25, -0.2) is 4.79 Å². The van der Waals surface area contributed by atoms with Crippen molar-refractivity contribution >= 4 is 39.2 Å². The van der Waals surface area contributed by atoms with Crippen molar-refractivity contribution < 1.29 is 14.3 Å². The zero-order valence-corrected chi connectivity index (χ0v) is 18.1. The van der Waals surface area contributed by atoms with Gasteiger partial charge in [-0.2, -0.15) is 0 Å². The summed E-state index contributed by atoms with van der Waals surface area (Å²) in [7, 11) is 1.61. The molecular formula is C21H24ClN3O3S. The van der Waals surface area contributed by atoms with E-state index in [2.05, 4.69) is 16.9 Å². The number of rotatable bonds is 9. The molecule has 0 unspecified atom stereocenters. The second-order valence-electron chi connectivity index (χ2n) is 6.55. The molecule has 3 aromatic heterocycles. The summed E-state index contributed by atoms with van der Waals surface area (Å²) in [5, 5.41) is 0.693. The molecule has 0 aromatic carbocycles. The second kappa shape index (κ2) is 10.5. The van der Waals surface area contributed by atoms with Gasteiger partial charge in [0.05, 0.1) is 45.6 Å². The zero-order chi connectivity index (χ0) is 20.6. The first-order valence-corrected chi connectivity index (χ1v) is 10.7. The predicted molar refractivity (Wildman–Crippen MR) is 116 cm³/mol. The number of hydrogen-bond donors (Lipinski definition) is 0. The number of halogens is 1. The minimum atomic E-state index is -0.329. The number of pyridine rings is 2. The number of unbranched alkanes of at least 4 members (excludes halogenated alkanes) is 1. The van der Waals surface area contributed by atoms with Gasteiger partial charge in [-0.3, -0.25) is 9.97 Å². The third-order valence-corrected chi connectivity index (χ3v) is 5.97. The van der Waals surface area contributed by atoms with Crippen LogP contribution in [0.1, 0.15) is 25.3 Å². The molecule has 0 saturated heterocycles. The average Bonchev–Trinajstić information content (AvgIpc) is 3.17. The van der Waals surface area contributed by atoms with Crippen molar-refractivity contribution in [1.29, 1.82) is 0 Å². The number of methoxy groups -OCH3 is 1. The summed E-state index contributed by atoms with van der Waals surface area (Å²) in [5.74, 6) is 0. The summed E-state index contributed by atoms with van der Waals surface area (Å²) in [5.41, 5.74) is 2.64. The van der Waals surface area contributed by atoms with Crippen LogP contribution in [-0.4, -0.2) is 47.8 Å². The Morgan fingerprint density at radius 3 is 2.79 bits per heavy atom. The lowest BCUT2D eigenvalue weighted by Crippen LogP contribution is -2.34. The highest BCUT2D eigenvalue weighted by atomic mass is 35.5. The first kappa shape index (κ1) is 21.5. The van der Waals surface area contributed by atoms with Gasteiger partial charge in [-0.15, -0.1) is 11.3 Å². The number of carbonyl (C=O) groups excluding carboxylic acids is 1. The van der Waals surface area contributed by atoms with Crippen LogP contribution in [0.5, 0.6) is 0 Å². The van der Waals surface area contributed by atoms with E-state index < -0.39 is 0 Å². The number of carbonyl (C=O) groups is 1. The molecule has 29 heavy (non-hydrogen) atoms. The lowest BCUT2D eigenvalue weighted by Gasteiger charge is -2.21. The molecule has 0 aliphatic heterocycles. The van der Waals surface area contributed by atoms with Crippen molar-refractivity contribution in [3.63, 3.8) is 0 Å². The van der Waals surface area contributed by atoms with Crippen molar-refractivity contribution in [3.8, 4) is 10.6 Å². The van der Waals surface area contributed by atoms with Gasteiger partial charge in [-0.1, -0.05) is 31.0 Å². The fourth-order valence-electron chi connectivity index (χ4n) is 2.75. The topological polar surface area (TPSA) is 64.5 Å². The number of ether oxygens (including phenoxy) is 2. The molecule has 6 nitrogen and oxygen atoms in total. The van der Waals surface area contributed by atoms with E-state index >= 15 is 0 Å². The van der Waals surface area contributed by atoms with E-state index in [1.165, 1.54) is 0 Å². The van der Waals surface area contributed by atoms with Crippen LogP contribution >= 0.6 is 22.9 Å². The molecule has 154 valence electrons. The normalized spacial score (nSPS) is 11.0. The Hall–Kier alpha value is -2.22. The molecule has 0 saturated carbocycles. The molecule has 0 radical (unpaired) electrons. The van der Waals surface area contributed by atoms with E-state index in [9.17, 15) is 4.79 Å². The summed E-state index contributed by atoms with van der Waals surface area (Å²) in [6.45, 7) is 3.82. The SMILES string of the molecule is CCCCOC(=O)N(CCOC)Cc1ccc(-c2cc3nccc(Cl)c3s2)nc1. The second-order valence-corrected chi connectivity index (χ2v) is 8.01. The highest BCUT2D eigenvalue weighted by Gasteiger charge is 2.16. The van der Waals surface area contributed by atoms with Crippen molar-refractivity contribution in [2.24, 2.45) is 0 Å². The molecule has 1 amide bonds. The van der Waals surface area contributed by atoms with Crippen LogP contribution in [0.2, 0.25) is 5.02 Å². The molecule has 0 spiro atoms. The van der Waals surface area contributed by atoms with Gasteiger partial charge in [0.1, 0.15) is 0 Å². The number of nitrogens with zero attached hydrogens (tertiary/aromatic N) is 3. The first-order chi connectivity index (χ1) is 14.1. The Morgan fingerprint density at radius 1 is 1.24 bits per heavy atom. The summed E-state index contributed by atoms with van der Waals surface area (Å²) >= 11 is 7.81. The lowest BCUT2D eigenvalue weighted by molar-refractivity contribution is 0.0836.